The van der Waals surface area contributed by atoms with Gasteiger partial charge in [-0.2, -0.15) is 6.07 Å². The summed E-state index contributed by atoms with van der Waals surface area (Å²) in [4.78, 5) is 9.37. The zero-order chi connectivity index (χ0) is 26.5. The summed E-state index contributed by atoms with van der Waals surface area (Å²) in [6.45, 7) is 3.93. The molecule has 40 heavy (non-hydrogen) atoms. The Bertz CT molecular complexity index is 2020. The van der Waals surface area contributed by atoms with Crippen molar-refractivity contribution in [1.82, 2.24) is 14.5 Å². The van der Waals surface area contributed by atoms with Crippen LogP contribution in [0.3, 0.4) is 0 Å². The molecule has 0 spiro atoms. The third-order valence-electron chi connectivity index (χ3n) is 7.16. The molecule has 0 radical (unpaired) electrons. The predicted octanol–water partition coefficient (Wildman–Crippen LogP) is 8.31. The van der Waals surface area contributed by atoms with Crippen molar-refractivity contribution in [2.24, 2.45) is 0 Å². The molecule has 0 aliphatic heterocycles. The maximum absolute atomic E-state index is 11.0. The molecule has 0 amide bonds. The van der Waals surface area contributed by atoms with Gasteiger partial charge in [0.1, 0.15) is 17.1 Å². The Morgan fingerprint density at radius 3 is 2.38 bits per heavy atom. The number of aromatic hydroxyl groups is 1. The van der Waals surface area contributed by atoms with E-state index in [1.54, 1.807) is 6.20 Å². The number of phenolic OH excluding ortho intramolecular Hbond substituents is 1. The molecular formula is C34H24N3O2Pt-. The average molecular weight is 702 g/mol. The molecule has 0 atom stereocenters. The number of rotatable bonds is 4. The van der Waals surface area contributed by atoms with Gasteiger partial charge in [0, 0.05) is 50.0 Å². The monoisotopic (exact) mass is 701 g/mol. The first-order chi connectivity index (χ1) is 19.1. The predicted molar refractivity (Wildman–Crippen MR) is 156 cm³/mol. The number of hydrogen-bond donors (Lipinski definition) is 1. The smallest absolute Gasteiger partial charge is 0.217 e. The summed E-state index contributed by atoms with van der Waals surface area (Å²) in [6, 6.07) is 35.6. The van der Waals surface area contributed by atoms with Crippen LogP contribution in [-0.2, 0) is 21.1 Å². The number of hydrogen-bond acceptors (Lipinski definition) is 4. The number of nitrogens with zero attached hydrogens (tertiary/aromatic N) is 3. The molecule has 5 nitrogen and oxygen atoms in total. The Morgan fingerprint density at radius 2 is 1.57 bits per heavy atom. The van der Waals surface area contributed by atoms with Crippen LogP contribution >= 0.6 is 0 Å². The van der Waals surface area contributed by atoms with E-state index in [0.717, 1.165) is 55.3 Å². The summed E-state index contributed by atoms with van der Waals surface area (Å²) >= 11 is 0. The first-order valence-corrected chi connectivity index (χ1v) is 12.8. The van der Waals surface area contributed by atoms with Crippen LogP contribution < -0.4 is 4.74 Å². The number of fused-ring (bicyclic) bond motifs is 4. The molecule has 0 unspecified atom stereocenters. The van der Waals surface area contributed by atoms with Gasteiger partial charge in [0.2, 0.25) is 5.88 Å². The maximum Gasteiger partial charge on any atom is 0.217 e. The van der Waals surface area contributed by atoms with Gasteiger partial charge in [-0.25, -0.2) is 9.97 Å². The van der Waals surface area contributed by atoms with Gasteiger partial charge in [-0.05, 0) is 59.7 Å². The molecule has 3 heterocycles. The van der Waals surface area contributed by atoms with Crippen LogP contribution in [0.5, 0.6) is 17.4 Å². The Morgan fingerprint density at radius 1 is 0.800 bits per heavy atom. The van der Waals surface area contributed by atoms with E-state index in [9.17, 15) is 5.11 Å². The fourth-order valence-corrected chi connectivity index (χ4v) is 5.41. The van der Waals surface area contributed by atoms with E-state index < -0.39 is 0 Å². The van der Waals surface area contributed by atoms with Crippen molar-refractivity contribution >= 4 is 32.7 Å². The largest absolute Gasteiger partial charge is 0.505 e. The Hall–Kier alpha value is -4.47. The second kappa shape index (κ2) is 10.3. The standard InChI is InChI=1S/C34H24N3O2.Pt/c1-21-18-22(2)34(38)33-32(21)27(23-10-4-3-5-11-23)20-31(36-33)39-24-15-16-26-25-12-6-7-13-28(25)37(29(26)19-24)30-14-8-9-17-35-30;/h3-18,20,38H,1-2H3;/q-1;. The Labute approximate surface area is 246 Å². The second-order valence-corrected chi connectivity index (χ2v) is 9.68. The van der Waals surface area contributed by atoms with Crippen molar-refractivity contribution in [2.75, 3.05) is 0 Å². The number of para-hydroxylation sites is 1. The summed E-state index contributed by atoms with van der Waals surface area (Å²) in [7, 11) is 0. The van der Waals surface area contributed by atoms with Crippen LogP contribution in [0, 0.1) is 19.9 Å². The number of benzene rings is 4. The van der Waals surface area contributed by atoms with Gasteiger partial charge in [-0.3, -0.25) is 0 Å². The van der Waals surface area contributed by atoms with Crippen molar-refractivity contribution in [3.05, 3.63) is 120 Å². The zero-order valence-electron chi connectivity index (χ0n) is 21.8. The molecule has 0 fully saturated rings. The summed E-state index contributed by atoms with van der Waals surface area (Å²) in [5.41, 5.74) is 6.23. The van der Waals surface area contributed by atoms with Crippen molar-refractivity contribution in [1.29, 1.82) is 0 Å². The van der Waals surface area contributed by atoms with Crippen LogP contribution in [0.4, 0.5) is 0 Å². The molecule has 0 saturated carbocycles. The van der Waals surface area contributed by atoms with Crippen molar-refractivity contribution in [2.45, 2.75) is 13.8 Å². The van der Waals surface area contributed by atoms with E-state index in [1.165, 1.54) is 0 Å². The Kier molecular flexibility index (Phi) is 6.61. The third kappa shape index (κ3) is 4.23. The van der Waals surface area contributed by atoms with Gasteiger partial charge in [-0.15, -0.1) is 17.5 Å². The normalized spacial score (nSPS) is 11.2. The van der Waals surface area contributed by atoms with Crippen LogP contribution in [0.25, 0.3) is 49.7 Å². The molecule has 198 valence electrons. The molecule has 0 aliphatic carbocycles. The minimum atomic E-state index is 0. The summed E-state index contributed by atoms with van der Waals surface area (Å²) in [5.74, 6) is 1.88. The maximum atomic E-state index is 11.0. The second-order valence-electron chi connectivity index (χ2n) is 9.68. The van der Waals surface area contributed by atoms with Gasteiger partial charge in [0.25, 0.3) is 0 Å². The number of aryl methyl sites for hydroxylation is 2. The first-order valence-electron chi connectivity index (χ1n) is 12.8. The number of pyridine rings is 2. The van der Waals surface area contributed by atoms with Crippen LogP contribution in [0.1, 0.15) is 11.1 Å². The quantitative estimate of drug-likeness (QED) is 0.188. The molecule has 3 aromatic heterocycles. The van der Waals surface area contributed by atoms with Gasteiger partial charge in [-0.1, -0.05) is 66.2 Å². The number of aromatic nitrogens is 3. The third-order valence-corrected chi connectivity index (χ3v) is 7.16. The summed E-state index contributed by atoms with van der Waals surface area (Å²) in [6.07, 6.45) is 1.79. The van der Waals surface area contributed by atoms with E-state index in [-0.39, 0.29) is 26.8 Å². The molecule has 0 bridgehead atoms. The summed E-state index contributed by atoms with van der Waals surface area (Å²) in [5, 5.41) is 14.1. The van der Waals surface area contributed by atoms with Crippen LogP contribution in [0.2, 0.25) is 0 Å². The van der Waals surface area contributed by atoms with Crippen molar-refractivity contribution in [3.8, 4) is 34.3 Å². The Balaban J connectivity index is 0.00000289. The molecule has 4 aromatic carbocycles. The van der Waals surface area contributed by atoms with Crippen molar-refractivity contribution < 1.29 is 30.9 Å². The van der Waals surface area contributed by atoms with E-state index in [1.807, 2.05) is 86.6 Å². The van der Waals surface area contributed by atoms with E-state index in [4.69, 9.17) is 9.72 Å². The van der Waals surface area contributed by atoms with Crippen LogP contribution in [0.15, 0.2) is 103 Å². The van der Waals surface area contributed by atoms with E-state index in [2.05, 4.69) is 39.9 Å². The number of phenols is 1. The zero-order valence-corrected chi connectivity index (χ0v) is 24.1. The molecular weight excluding hydrogens is 677 g/mol. The molecule has 1 N–H and O–H groups in total. The SMILES string of the molecule is Cc1cc(C)c2c(-c3ccccc3)cc(Oc3[c-]c4c(cc3)c3ccccc3n4-c3ccccn3)nc2c1O.[Pt]. The van der Waals surface area contributed by atoms with Gasteiger partial charge >= 0.3 is 0 Å². The molecule has 7 rings (SSSR count). The molecule has 0 aliphatic rings. The average Bonchev–Trinajstić information content (AvgIpc) is 3.30. The van der Waals surface area contributed by atoms with Gasteiger partial charge in [0.05, 0.1) is 0 Å². The topological polar surface area (TPSA) is 60.2 Å². The van der Waals surface area contributed by atoms with Crippen LogP contribution in [-0.4, -0.2) is 19.6 Å². The minimum absolute atomic E-state index is 0. The van der Waals surface area contributed by atoms with Gasteiger partial charge < -0.3 is 14.4 Å². The minimum Gasteiger partial charge on any atom is -0.505 e. The summed E-state index contributed by atoms with van der Waals surface area (Å²) < 4.78 is 8.46. The fourth-order valence-electron chi connectivity index (χ4n) is 5.41. The van der Waals surface area contributed by atoms with Crippen molar-refractivity contribution in [3.63, 3.8) is 0 Å². The fraction of sp³-hybridized carbons (Fsp3) is 0.0588. The van der Waals surface area contributed by atoms with E-state index >= 15 is 0 Å². The first kappa shape index (κ1) is 25.8. The molecule has 7 aromatic rings. The van der Waals surface area contributed by atoms with Gasteiger partial charge in [0.15, 0.2) is 0 Å². The molecule has 6 heteroatoms. The molecule has 0 saturated heterocycles. The number of ether oxygens (including phenoxy) is 1. The van der Waals surface area contributed by atoms with E-state index in [0.29, 0.717) is 17.1 Å².